The molecule has 0 aliphatic rings. The first-order valence-corrected chi connectivity index (χ1v) is 2.80. The molecule has 0 bridgehead atoms. The molecule has 8 heavy (non-hydrogen) atoms. The number of aldehydes is 1. The van der Waals surface area contributed by atoms with Crippen LogP contribution in [0.3, 0.4) is 0 Å². The maximum absolute atomic E-state index is 9.97. The van der Waals surface area contributed by atoms with Crippen LogP contribution in [-0.2, 0) is 4.79 Å². The van der Waals surface area contributed by atoms with E-state index in [9.17, 15) is 4.79 Å². The van der Waals surface area contributed by atoms with Gasteiger partial charge in [0, 0.05) is 5.92 Å². The molecule has 0 unspecified atom stereocenters. The van der Waals surface area contributed by atoms with E-state index in [1.807, 2.05) is 13.8 Å². The van der Waals surface area contributed by atoms with E-state index in [-0.39, 0.29) is 17.4 Å². The molecule has 2 heteroatoms. The Morgan fingerprint density at radius 1 is 1.38 bits per heavy atom. The van der Waals surface area contributed by atoms with Crippen molar-refractivity contribution in [2.24, 2.45) is 5.92 Å². The summed E-state index contributed by atoms with van der Waals surface area (Å²) >= 11 is 0. The Bertz CT molecular complexity index is 50.5. The van der Waals surface area contributed by atoms with Crippen molar-refractivity contribution >= 4 is 23.6 Å². The van der Waals surface area contributed by atoms with Crippen molar-refractivity contribution in [1.82, 2.24) is 0 Å². The summed E-state index contributed by atoms with van der Waals surface area (Å²) < 4.78 is 0. The minimum Gasteiger partial charge on any atom is -0.303 e. The Kier molecular flexibility index (Phi) is 9.96. The highest BCUT2D eigenvalue weighted by Crippen LogP contribution is 2.01. The molecule has 1 nitrogen and oxygen atoms in total. The highest BCUT2D eigenvalue weighted by Gasteiger charge is 1.96. The lowest BCUT2D eigenvalue weighted by molar-refractivity contribution is -0.111. The maximum Gasteiger partial charge on any atom is 0.187 e. The lowest BCUT2D eigenvalue weighted by Crippen LogP contribution is -1.95. The van der Waals surface area contributed by atoms with Crippen molar-refractivity contribution < 1.29 is 4.79 Å². The van der Waals surface area contributed by atoms with Gasteiger partial charge in [-0.3, -0.25) is 0 Å². The molecule has 0 spiro atoms. The second kappa shape index (κ2) is 7.20. The normalized spacial score (nSPS) is 8.38. The molecule has 0 saturated heterocycles. The first-order valence-electron chi connectivity index (χ1n) is 2.80. The molecular formula is C6H15AlO. The third-order valence-corrected chi connectivity index (χ3v) is 1.24. The molecule has 0 aliphatic carbocycles. The fourth-order valence-electron chi connectivity index (χ4n) is 0.481. The Hall–Kier alpha value is 0.202. The lowest BCUT2D eigenvalue weighted by Gasteiger charge is -1.97. The third kappa shape index (κ3) is 4.36. The van der Waals surface area contributed by atoms with Crippen LogP contribution in [0.2, 0.25) is 0 Å². The van der Waals surface area contributed by atoms with Gasteiger partial charge in [0.05, 0.1) is 0 Å². The highest BCUT2D eigenvalue weighted by atomic mass is 27.0. The Balaban J connectivity index is 0. The third-order valence-electron chi connectivity index (χ3n) is 1.24. The molecule has 0 aliphatic heterocycles. The molecule has 0 fully saturated rings. The van der Waals surface area contributed by atoms with E-state index in [1.54, 1.807) is 0 Å². The van der Waals surface area contributed by atoms with Crippen LogP contribution >= 0.6 is 0 Å². The van der Waals surface area contributed by atoms with E-state index in [2.05, 4.69) is 0 Å². The van der Waals surface area contributed by atoms with Gasteiger partial charge in [-0.1, -0.05) is 13.8 Å². The summed E-state index contributed by atoms with van der Waals surface area (Å²) in [7, 11) is 0. The van der Waals surface area contributed by atoms with Crippen molar-refractivity contribution in [3.8, 4) is 0 Å². The summed E-state index contributed by atoms with van der Waals surface area (Å²) in [5.74, 6) is 0.306. The molecule has 0 N–H and O–H groups in total. The van der Waals surface area contributed by atoms with Crippen LogP contribution in [0.4, 0.5) is 0 Å². The van der Waals surface area contributed by atoms with Crippen LogP contribution in [0.25, 0.3) is 0 Å². The zero-order valence-electron chi connectivity index (χ0n) is 4.98. The zero-order valence-corrected chi connectivity index (χ0v) is 4.98. The molecule has 0 atom stereocenters. The summed E-state index contributed by atoms with van der Waals surface area (Å²) in [6.07, 6.45) is 3.00. The van der Waals surface area contributed by atoms with Gasteiger partial charge in [-0.15, -0.1) is 0 Å². The summed E-state index contributed by atoms with van der Waals surface area (Å²) in [6.45, 7) is 4.06. The second-order valence-electron chi connectivity index (χ2n) is 1.71. The lowest BCUT2D eigenvalue weighted by atomic mass is 10.1. The van der Waals surface area contributed by atoms with Crippen molar-refractivity contribution in [2.45, 2.75) is 26.7 Å². The standard InChI is InChI=1S/C6H12O.Al.3H/c1-3-6(4-2)5-7;;;;/h5-6H,3-4H2,1-2H3;;;;. The second-order valence-corrected chi connectivity index (χ2v) is 1.71. The van der Waals surface area contributed by atoms with Gasteiger partial charge in [0.1, 0.15) is 6.29 Å². The van der Waals surface area contributed by atoms with Crippen LogP contribution < -0.4 is 0 Å². The van der Waals surface area contributed by atoms with Gasteiger partial charge in [0.25, 0.3) is 0 Å². The van der Waals surface area contributed by atoms with E-state index in [1.165, 1.54) is 0 Å². The van der Waals surface area contributed by atoms with Crippen LogP contribution in [0.15, 0.2) is 0 Å². The SMILES string of the molecule is CCC(C=O)CC.[AlH3]. The van der Waals surface area contributed by atoms with Crippen LogP contribution in [0.5, 0.6) is 0 Å². The number of carbonyl (C=O) groups is 1. The Morgan fingerprint density at radius 3 is 1.75 bits per heavy atom. The molecule has 0 amide bonds. The van der Waals surface area contributed by atoms with Gasteiger partial charge in [-0.25, -0.2) is 0 Å². The molecule has 0 aromatic rings. The fourth-order valence-corrected chi connectivity index (χ4v) is 0.481. The number of rotatable bonds is 3. The molecule has 0 aromatic carbocycles. The molecule has 0 rings (SSSR count). The van der Waals surface area contributed by atoms with Crippen LogP contribution in [0, 0.1) is 5.92 Å². The molecule has 0 radical (unpaired) electrons. The fraction of sp³-hybridized carbons (Fsp3) is 0.833. The van der Waals surface area contributed by atoms with Gasteiger partial charge in [-0.2, -0.15) is 0 Å². The van der Waals surface area contributed by atoms with Crippen molar-refractivity contribution in [3.05, 3.63) is 0 Å². The van der Waals surface area contributed by atoms with E-state index in [0.717, 1.165) is 19.1 Å². The van der Waals surface area contributed by atoms with Gasteiger partial charge in [0.2, 0.25) is 0 Å². The average Bonchev–Trinajstić information content (AvgIpc) is 1.72. The first-order chi connectivity index (χ1) is 3.35. The van der Waals surface area contributed by atoms with E-state index < -0.39 is 0 Å². The smallest absolute Gasteiger partial charge is 0.187 e. The quantitative estimate of drug-likeness (QED) is 0.400. The minimum absolute atomic E-state index is 0. The monoisotopic (exact) mass is 130 g/mol. The Morgan fingerprint density at radius 2 is 1.75 bits per heavy atom. The van der Waals surface area contributed by atoms with Crippen molar-refractivity contribution in [3.63, 3.8) is 0 Å². The van der Waals surface area contributed by atoms with Gasteiger partial charge >= 0.3 is 0 Å². The highest BCUT2D eigenvalue weighted by molar-refractivity contribution is 5.75. The van der Waals surface area contributed by atoms with Gasteiger partial charge in [0.15, 0.2) is 17.4 Å². The number of hydrogen-bond acceptors (Lipinski definition) is 1. The molecule has 0 saturated carbocycles. The van der Waals surface area contributed by atoms with Gasteiger partial charge < -0.3 is 4.79 Å². The molecule has 48 valence electrons. The maximum atomic E-state index is 9.97. The predicted octanol–water partition coefficient (Wildman–Crippen LogP) is 0.438. The molecule has 0 aromatic heterocycles. The zero-order chi connectivity index (χ0) is 5.70. The molecular weight excluding hydrogens is 115 g/mol. The van der Waals surface area contributed by atoms with Gasteiger partial charge in [-0.05, 0) is 12.8 Å². The average molecular weight is 130 g/mol. The largest absolute Gasteiger partial charge is 0.303 e. The topological polar surface area (TPSA) is 17.1 Å². The van der Waals surface area contributed by atoms with E-state index in [4.69, 9.17) is 0 Å². The summed E-state index contributed by atoms with van der Waals surface area (Å²) in [6, 6.07) is 0. The van der Waals surface area contributed by atoms with Crippen molar-refractivity contribution in [1.29, 1.82) is 0 Å². The minimum atomic E-state index is 0. The van der Waals surface area contributed by atoms with E-state index >= 15 is 0 Å². The Labute approximate surface area is 61.6 Å². The number of hydrogen-bond donors (Lipinski definition) is 0. The van der Waals surface area contributed by atoms with Crippen molar-refractivity contribution in [2.75, 3.05) is 0 Å². The summed E-state index contributed by atoms with van der Waals surface area (Å²) in [5.41, 5.74) is 0. The summed E-state index contributed by atoms with van der Waals surface area (Å²) in [5, 5.41) is 0. The summed E-state index contributed by atoms with van der Waals surface area (Å²) in [4.78, 5) is 9.97. The van der Waals surface area contributed by atoms with Crippen LogP contribution in [0.1, 0.15) is 26.7 Å². The molecule has 0 heterocycles. The van der Waals surface area contributed by atoms with E-state index in [0.29, 0.717) is 5.92 Å². The first kappa shape index (κ1) is 11.1. The predicted molar refractivity (Wildman–Crippen MR) is 40.1 cm³/mol. The number of carbonyl (C=O) groups excluding carboxylic acids is 1. The van der Waals surface area contributed by atoms with Crippen LogP contribution in [-0.4, -0.2) is 23.6 Å².